The third-order valence-electron chi connectivity index (χ3n) is 4.76. The predicted molar refractivity (Wildman–Crippen MR) is 114 cm³/mol. The maximum Gasteiger partial charge on any atom is 0.251 e. The molecular formula is C19H25N3O3S3. The van der Waals surface area contributed by atoms with E-state index >= 15 is 0 Å². The Kier molecular flexibility index (Phi) is 7.14. The van der Waals surface area contributed by atoms with E-state index in [4.69, 9.17) is 0 Å². The molecule has 1 aliphatic rings. The summed E-state index contributed by atoms with van der Waals surface area (Å²) in [6.45, 7) is 4.55. The smallest absolute Gasteiger partial charge is 0.251 e. The normalized spacial score (nSPS) is 16.2. The van der Waals surface area contributed by atoms with Crippen LogP contribution in [-0.4, -0.2) is 48.5 Å². The number of hydrogen-bond acceptors (Lipinski definition) is 6. The molecule has 2 heterocycles. The zero-order chi connectivity index (χ0) is 20.1. The maximum absolute atomic E-state index is 12.8. The Morgan fingerprint density at radius 2 is 2.04 bits per heavy atom. The molecule has 0 bridgehead atoms. The monoisotopic (exact) mass is 439 g/mol. The lowest BCUT2D eigenvalue weighted by Gasteiger charge is -2.31. The zero-order valence-corrected chi connectivity index (χ0v) is 18.5. The Balaban J connectivity index is 1.59. The first-order chi connectivity index (χ1) is 13.4. The number of hydrogen-bond donors (Lipinski definition) is 1. The Labute approximate surface area is 174 Å². The number of carbonyl (C=O) groups excluding carboxylic acids is 1. The summed E-state index contributed by atoms with van der Waals surface area (Å²) in [5.41, 5.74) is 2.66. The lowest BCUT2D eigenvalue weighted by Crippen LogP contribution is -2.47. The van der Waals surface area contributed by atoms with Gasteiger partial charge in [0.05, 0.1) is 5.75 Å². The number of thiazole rings is 1. The highest BCUT2D eigenvalue weighted by atomic mass is 32.2. The van der Waals surface area contributed by atoms with Gasteiger partial charge in [0.25, 0.3) is 5.91 Å². The van der Waals surface area contributed by atoms with Crippen molar-refractivity contribution >= 4 is 39.0 Å². The number of aromatic nitrogens is 1. The van der Waals surface area contributed by atoms with Crippen LogP contribution < -0.4 is 5.32 Å². The topological polar surface area (TPSA) is 79.4 Å². The fraction of sp³-hybridized carbons (Fsp3) is 0.474. The molecule has 6 nitrogen and oxygen atoms in total. The van der Waals surface area contributed by atoms with E-state index in [9.17, 15) is 13.2 Å². The Bertz CT molecular complexity index is 919. The van der Waals surface area contributed by atoms with Crippen molar-refractivity contribution in [3.05, 3.63) is 46.5 Å². The first-order valence-corrected chi connectivity index (χ1v) is 12.8. The summed E-state index contributed by atoms with van der Waals surface area (Å²) < 4.78 is 26.5. The SMILES string of the molecule is CCS(=O)(=O)N1CCC(NC(=O)c2ccccc2CSc2nc(C)cs2)CC1. The highest BCUT2D eigenvalue weighted by Gasteiger charge is 2.27. The van der Waals surface area contributed by atoms with Crippen molar-refractivity contribution in [2.24, 2.45) is 0 Å². The first-order valence-electron chi connectivity index (χ1n) is 9.30. The van der Waals surface area contributed by atoms with E-state index in [0.717, 1.165) is 15.6 Å². The van der Waals surface area contributed by atoms with E-state index in [1.165, 1.54) is 4.31 Å². The van der Waals surface area contributed by atoms with Gasteiger partial charge in [-0.25, -0.2) is 17.7 Å². The molecule has 152 valence electrons. The number of aryl methyl sites for hydroxylation is 1. The number of amides is 1. The number of rotatable bonds is 7. The second-order valence-corrected chi connectivity index (χ2v) is 11.1. The highest BCUT2D eigenvalue weighted by Crippen LogP contribution is 2.27. The number of carbonyl (C=O) groups is 1. The summed E-state index contributed by atoms with van der Waals surface area (Å²) in [5, 5.41) is 5.11. The molecule has 1 aromatic carbocycles. The number of thioether (sulfide) groups is 1. The average Bonchev–Trinajstić information content (AvgIpc) is 3.12. The molecule has 0 radical (unpaired) electrons. The van der Waals surface area contributed by atoms with Crippen LogP contribution in [0.5, 0.6) is 0 Å². The van der Waals surface area contributed by atoms with Crippen LogP contribution in [0.1, 0.15) is 41.4 Å². The molecular weight excluding hydrogens is 414 g/mol. The summed E-state index contributed by atoms with van der Waals surface area (Å²) in [5.74, 6) is 0.709. The number of sulfonamides is 1. The molecule has 2 aromatic rings. The lowest BCUT2D eigenvalue weighted by molar-refractivity contribution is 0.0923. The van der Waals surface area contributed by atoms with Gasteiger partial charge in [-0.05, 0) is 38.3 Å². The van der Waals surface area contributed by atoms with Crippen LogP contribution >= 0.6 is 23.1 Å². The Morgan fingerprint density at radius 1 is 1.32 bits per heavy atom. The fourth-order valence-corrected chi connectivity index (χ4v) is 6.12. The molecule has 3 rings (SSSR count). The van der Waals surface area contributed by atoms with E-state index in [2.05, 4.69) is 10.3 Å². The largest absolute Gasteiger partial charge is 0.349 e. The molecule has 0 aliphatic carbocycles. The molecule has 0 spiro atoms. The lowest BCUT2D eigenvalue weighted by atomic mass is 10.0. The van der Waals surface area contributed by atoms with E-state index in [-0.39, 0.29) is 17.7 Å². The molecule has 1 aliphatic heterocycles. The summed E-state index contributed by atoms with van der Waals surface area (Å²) in [7, 11) is -3.15. The molecule has 0 atom stereocenters. The summed E-state index contributed by atoms with van der Waals surface area (Å²) >= 11 is 3.24. The summed E-state index contributed by atoms with van der Waals surface area (Å²) in [4.78, 5) is 17.3. The van der Waals surface area contributed by atoms with Gasteiger partial charge in [0.2, 0.25) is 10.0 Å². The van der Waals surface area contributed by atoms with Crippen molar-refractivity contribution in [1.29, 1.82) is 0 Å². The van der Waals surface area contributed by atoms with Crippen LogP contribution in [-0.2, 0) is 15.8 Å². The fourth-order valence-electron chi connectivity index (χ4n) is 3.13. The molecule has 0 unspecified atom stereocenters. The van der Waals surface area contributed by atoms with Gasteiger partial charge in [0, 0.05) is 41.5 Å². The molecule has 0 saturated carbocycles. The van der Waals surface area contributed by atoms with Gasteiger partial charge in [0.1, 0.15) is 4.34 Å². The van der Waals surface area contributed by atoms with Crippen molar-refractivity contribution < 1.29 is 13.2 Å². The van der Waals surface area contributed by atoms with E-state index in [0.29, 0.717) is 37.2 Å². The predicted octanol–water partition coefficient (Wildman–Crippen LogP) is 3.29. The summed E-state index contributed by atoms with van der Waals surface area (Å²) in [6, 6.07) is 7.62. The van der Waals surface area contributed by atoms with Crippen LogP contribution in [0.2, 0.25) is 0 Å². The van der Waals surface area contributed by atoms with Crippen molar-refractivity contribution in [2.75, 3.05) is 18.8 Å². The van der Waals surface area contributed by atoms with Crippen LogP contribution in [0.15, 0.2) is 34.0 Å². The highest BCUT2D eigenvalue weighted by molar-refractivity contribution is 8.00. The molecule has 1 N–H and O–H groups in total. The van der Waals surface area contributed by atoms with Crippen molar-refractivity contribution in [3.8, 4) is 0 Å². The van der Waals surface area contributed by atoms with Gasteiger partial charge in [-0.15, -0.1) is 11.3 Å². The Morgan fingerprint density at radius 3 is 2.68 bits per heavy atom. The van der Waals surface area contributed by atoms with Gasteiger partial charge in [-0.3, -0.25) is 4.79 Å². The standard InChI is InChI=1S/C19H25N3O3S3/c1-3-28(24,25)22-10-8-16(9-11-22)21-18(23)17-7-5-4-6-15(17)13-27-19-20-14(2)12-26-19/h4-7,12,16H,3,8-11,13H2,1-2H3,(H,21,23). The number of piperidine rings is 1. The van der Waals surface area contributed by atoms with E-state index < -0.39 is 10.0 Å². The first kappa shape index (κ1) is 21.3. The summed E-state index contributed by atoms with van der Waals surface area (Å²) in [6.07, 6.45) is 1.28. The molecule has 1 fully saturated rings. The van der Waals surface area contributed by atoms with Gasteiger partial charge >= 0.3 is 0 Å². The van der Waals surface area contributed by atoms with Gasteiger partial charge < -0.3 is 5.32 Å². The second kappa shape index (κ2) is 9.39. The van der Waals surface area contributed by atoms with Crippen LogP contribution in [0.4, 0.5) is 0 Å². The van der Waals surface area contributed by atoms with Gasteiger partial charge in [-0.2, -0.15) is 0 Å². The van der Waals surface area contributed by atoms with Crippen LogP contribution in [0.3, 0.4) is 0 Å². The minimum atomic E-state index is -3.15. The van der Waals surface area contributed by atoms with Gasteiger partial charge in [-0.1, -0.05) is 30.0 Å². The van der Waals surface area contributed by atoms with E-state index in [1.807, 2.05) is 36.6 Å². The van der Waals surface area contributed by atoms with Gasteiger partial charge in [0.15, 0.2) is 0 Å². The van der Waals surface area contributed by atoms with Crippen molar-refractivity contribution in [3.63, 3.8) is 0 Å². The maximum atomic E-state index is 12.8. The van der Waals surface area contributed by atoms with E-state index in [1.54, 1.807) is 30.0 Å². The quantitative estimate of drug-likeness (QED) is 0.670. The second-order valence-electron chi connectivity index (χ2n) is 6.75. The van der Waals surface area contributed by atoms with Crippen molar-refractivity contribution in [1.82, 2.24) is 14.6 Å². The number of nitrogens with zero attached hydrogens (tertiary/aromatic N) is 2. The van der Waals surface area contributed by atoms with Crippen LogP contribution in [0.25, 0.3) is 0 Å². The number of benzene rings is 1. The minimum Gasteiger partial charge on any atom is -0.349 e. The Hall–Kier alpha value is -1.42. The third kappa shape index (κ3) is 5.34. The molecule has 1 amide bonds. The molecule has 28 heavy (non-hydrogen) atoms. The molecule has 9 heteroatoms. The minimum absolute atomic E-state index is 0.00173. The molecule has 1 aromatic heterocycles. The molecule has 1 saturated heterocycles. The third-order valence-corrected chi connectivity index (χ3v) is 8.83. The number of nitrogens with one attached hydrogen (secondary N) is 1. The average molecular weight is 440 g/mol. The zero-order valence-electron chi connectivity index (χ0n) is 16.1. The van der Waals surface area contributed by atoms with Crippen molar-refractivity contribution in [2.45, 2.75) is 42.8 Å². The van der Waals surface area contributed by atoms with Crippen LogP contribution in [0, 0.1) is 6.92 Å².